The van der Waals surface area contributed by atoms with E-state index >= 15 is 0 Å². The highest BCUT2D eigenvalue weighted by Crippen LogP contribution is 2.31. The van der Waals surface area contributed by atoms with Crippen LogP contribution in [0.3, 0.4) is 0 Å². The summed E-state index contributed by atoms with van der Waals surface area (Å²) >= 11 is 2.48. The number of rotatable bonds is 4. The molecule has 0 fully saturated rings. The molecule has 17 heavy (non-hydrogen) atoms. The average Bonchev–Trinajstić information content (AvgIpc) is 2.79. The molecule has 0 aliphatic heterocycles. The highest BCUT2D eigenvalue weighted by Gasteiger charge is 2.09. The van der Waals surface area contributed by atoms with Crippen LogP contribution in [0.15, 0.2) is 27.4 Å². The molecule has 0 aliphatic carbocycles. The second kappa shape index (κ2) is 5.37. The molecule has 6 heteroatoms. The molecule has 0 unspecified atom stereocenters. The second-order valence-electron chi connectivity index (χ2n) is 3.24. The summed E-state index contributed by atoms with van der Waals surface area (Å²) in [6.07, 6.45) is 1.39. The summed E-state index contributed by atoms with van der Waals surface area (Å²) < 4.78 is 18.4. The first kappa shape index (κ1) is 12.2. The second-order valence-corrected chi connectivity index (χ2v) is 5.28. The molecule has 0 bridgehead atoms. The minimum Gasteiger partial charge on any atom is -0.298 e. The van der Waals surface area contributed by atoms with Gasteiger partial charge < -0.3 is 0 Å². The molecular formula is C11H9FN2OS2. The number of carbonyl (C=O) groups excluding carboxylic acids is 1. The van der Waals surface area contributed by atoms with Crippen LogP contribution >= 0.6 is 23.3 Å². The van der Waals surface area contributed by atoms with Crippen LogP contribution in [0, 0.1) is 5.82 Å². The van der Waals surface area contributed by atoms with Crippen molar-refractivity contribution >= 4 is 29.6 Å². The summed E-state index contributed by atoms with van der Waals surface area (Å²) in [5.41, 5.74) is 0.332. The van der Waals surface area contributed by atoms with Crippen molar-refractivity contribution in [2.24, 2.45) is 0 Å². The fourth-order valence-corrected chi connectivity index (χ4v) is 2.85. The van der Waals surface area contributed by atoms with Gasteiger partial charge in [0.2, 0.25) is 0 Å². The van der Waals surface area contributed by atoms with Crippen molar-refractivity contribution in [1.82, 2.24) is 9.36 Å². The quantitative estimate of drug-likeness (QED) is 0.799. The van der Waals surface area contributed by atoms with E-state index in [1.165, 1.54) is 29.4 Å². The molecule has 0 saturated carbocycles. The zero-order chi connectivity index (χ0) is 12.3. The largest absolute Gasteiger partial charge is 0.298 e. The van der Waals surface area contributed by atoms with Gasteiger partial charge in [-0.05, 0) is 23.7 Å². The molecule has 0 amide bonds. The van der Waals surface area contributed by atoms with E-state index in [0.29, 0.717) is 21.1 Å². The van der Waals surface area contributed by atoms with Crippen LogP contribution in [0.2, 0.25) is 0 Å². The number of aromatic nitrogens is 2. The minimum atomic E-state index is -0.409. The van der Waals surface area contributed by atoms with Crippen molar-refractivity contribution in [3.8, 4) is 0 Å². The smallest absolute Gasteiger partial charge is 0.174 e. The first-order chi connectivity index (χ1) is 8.22. The topological polar surface area (TPSA) is 42.9 Å². The number of nitrogens with zero attached hydrogens (tertiary/aromatic N) is 2. The van der Waals surface area contributed by atoms with Gasteiger partial charge in [-0.15, -0.1) is 0 Å². The molecule has 2 rings (SSSR count). The maximum Gasteiger partial charge on any atom is 0.174 e. The number of aldehydes is 1. The van der Waals surface area contributed by atoms with Gasteiger partial charge in [-0.25, -0.2) is 9.37 Å². The Balaban J connectivity index is 2.20. The predicted molar refractivity (Wildman–Crippen MR) is 65.2 cm³/mol. The third-order valence-corrected chi connectivity index (χ3v) is 3.89. The average molecular weight is 268 g/mol. The fourth-order valence-electron chi connectivity index (χ4n) is 1.19. The van der Waals surface area contributed by atoms with Crippen LogP contribution in [-0.4, -0.2) is 15.6 Å². The monoisotopic (exact) mass is 268 g/mol. The van der Waals surface area contributed by atoms with Gasteiger partial charge in [0.15, 0.2) is 4.34 Å². The van der Waals surface area contributed by atoms with Gasteiger partial charge >= 0.3 is 0 Å². The predicted octanol–water partition coefficient (Wildman–Crippen LogP) is 3.20. The van der Waals surface area contributed by atoms with E-state index in [-0.39, 0.29) is 0 Å². The van der Waals surface area contributed by atoms with Crippen LogP contribution in [0.5, 0.6) is 0 Å². The normalized spacial score (nSPS) is 10.5. The molecule has 2 aromatic rings. The minimum absolute atomic E-state index is 0.332. The van der Waals surface area contributed by atoms with Crippen LogP contribution in [0.4, 0.5) is 4.39 Å². The lowest BCUT2D eigenvalue weighted by Crippen LogP contribution is -1.86. The zero-order valence-electron chi connectivity index (χ0n) is 9.01. The molecule has 0 aliphatic rings. The van der Waals surface area contributed by atoms with E-state index in [9.17, 15) is 9.18 Å². The Bertz CT molecular complexity index is 542. The summed E-state index contributed by atoms with van der Waals surface area (Å²) in [6, 6.07) is 4.38. The number of aryl methyl sites for hydroxylation is 1. The third kappa shape index (κ3) is 2.89. The molecule has 0 saturated heterocycles. The van der Waals surface area contributed by atoms with E-state index in [4.69, 9.17) is 0 Å². The Hall–Kier alpha value is -1.27. The summed E-state index contributed by atoms with van der Waals surface area (Å²) in [6.45, 7) is 1.97. The maximum atomic E-state index is 13.6. The van der Waals surface area contributed by atoms with E-state index < -0.39 is 5.82 Å². The van der Waals surface area contributed by atoms with Gasteiger partial charge in [0.25, 0.3) is 0 Å². The molecule has 1 aromatic heterocycles. The van der Waals surface area contributed by atoms with Crippen LogP contribution < -0.4 is 0 Å². The summed E-state index contributed by atoms with van der Waals surface area (Å²) in [5, 5.41) is 0. The number of halogens is 1. The van der Waals surface area contributed by atoms with E-state index in [2.05, 4.69) is 9.36 Å². The maximum absolute atomic E-state index is 13.6. The van der Waals surface area contributed by atoms with Crippen molar-refractivity contribution in [3.63, 3.8) is 0 Å². The molecular weight excluding hydrogens is 259 g/mol. The Labute approximate surface area is 106 Å². The molecule has 0 spiro atoms. The number of hydrogen-bond donors (Lipinski definition) is 0. The van der Waals surface area contributed by atoms with Crippen LogP contribution in [0.25, 0.3) is 0 Å². The number of hydrogen-bond acceptors (Lipinski definition) is 5. The van der Waals surface area contributed by atoms with Gasteiger partial charge in [-0.2, -0.15) is 4.37 Å². The molecule has 1 heterocycles. The molecule has 1 aromatic carbocycles. The fraction of sp³-hybridized carbons (Fsp3) is 0.182. The highest BCUT2D eigenvalue weighted by atomic mass is 32.2. The molecule has 88 valence electrons. The highest BCUT2D eigenvalue weighted by molar-refractivity contribution is 8.01. The SMILES string of the molecule is CCc1nsc(Sc2ccc(C=O)cc2F)n1. The van der Waals surface area contributed by atoms with Crippen molar-refractivity contribution < 1.29 is 9.18 Å². The third-order valence-electron chi connectivity index (χ3n) is 2.05. The zero-order valence-corrected chi connectivity index (χ0v) is 10.6. The van der Waals surface area contributed by atoms with E-state index in [1.54, 1.807) is 12.1 Å². The number of carbonyl (C=O) groups is 1. The summed E-state index contributed by atoms with van der Waals surface area (Å²) in [5.74, 6) is 0.357. The van der Waals surface area contributed by atoms with Gasteiger partial charge in [-0.3, -0.25) is 4.79 Å². The van der Waals surface area contributed by atoms with Crippen LogP contribution in [0.1, 0.15) is 23.1 Å². The van der Waals surface area contributed by atoms with Crippen molar-refractivity contribution in [1.29, 1.82) is 0 Å². The Morgan fingerprint density at radius 1 is 1.53 bits per heavy atom. The van der Waals surface area contributed by atoms with Gasteiger partial charge in [0.05, 0.1) is 4.90 Å². The van der Waals surface area contributed by atoms with Gasteiger partial charge in [-0.1, -0.05) is 24.8 Å². The van der Waals surface area contributed by atoms with Crippen LogP contribution in [-0.2, 0) is 6.42 Å². The first-order valence-electron chi connectivity index (χ1n) is 4.98. The standard InChI is InChI=1S/C11H9FN2OS2/c1-2-10-13-11(17-14-10)16-9-4-3-7(6-15)5-8(9)12/h3-6H,2H2,1H3. The van der Waals surface area contributed by atoms with E-state index in [0.717, 1.165) is 12.2 Å². The lowest BCUT2D eigenvalue weighted by Gasteiger charge is -1.99. The molecule has 0 N–H and O–H groups in total. The summed E-state index contributed by atoms with van der Waals surface area (Å²) in [4.78, 5) is 15.2. The molecule has 0 radical (unpaired) electrons. The van der Waals surface area contributed by atoms with Gasteiger partial charge in [0.1, 0.15) is 17.9 Å². The number of benzene rings is 1. The van der Waals surface area contributed by atoms with Crippen molar-refractivity contribution in [3.05, 3.63) is 35.4 Å². The van der Waals surface area contributed by atoms with E-state index in [1.807, 2.05) is 6.92 Å². The van der Waals surface area contributed by atoms with Gasteiger partial charge in [0, 0.05) is 12.0 Å². The summed E-state index contributed by atoms with van der Waals surface area (Å²) in [7, 11) is 0. The first-order valence-corrected chi connectivity index (χ1v) is 6.57. The lowest BCUT2D eigenvalue weighted by molar-refractivity contribution is 0.112. The Morgan fingerprint density at radius 2 is 2.35 bits per heavy atom. The van der Waals surface area contributed by atoms with Crippen molar-refractivity contribution in [2.75, 3.05) is 0 Å². The Morgan fingerprint density at radius 3 is 2.94 bits per heavy atom. The Kier molecular flexibility index (Phi) is 3.86. The van der Waals surface area contributed by atoms with Crippen molar-refractivity contribution in [2.45, 2.75) is 22.6 Å². The lowest BCUT2D eigenvalue weighted by atomic mass is 10.2. The molecule has 0 atom stereocenters. The molecule has 3 nitrogen and oxygen atoms in total.